The van der Waals surface area contributed by atoms with Gasteiger partial charge in [0.15, 0.2) is 0 Å². The second-order valence-corrected chi connectivity index (χ2v) is 6.90. The van der Waals surface area contributed by atoms with Crippen LogP contribution in [0, 0.1) is 0 Å². The molecule has 1 unspecified atom stereocenters. The molecule has 1 aromatic carbocycles. The van der Waals surface area contributed by atoms with Crippen LogP contribution in [0.15, 0.2) is 48.6 Å². The van der Waals surface area contributed by atoms with Crippen LogP contribution in [0.2, 0.25) is 0 Å². The highest BCUT2D eigenvalue weighted by molar-refractivity contribution is 5.95. The Balaban J connectivity index is 2.20. The molecule has 0 saturated carbocycles. The summed E-state index contributed by atoms with van der Waals surface area (Å²) >= 11 is 0. The Kier molecular flexibility index (Phi) is 8.19. The normalized spacial score (nSPS) is 17.7. The fourth-order valence-electron chi connectivity index (χ4n) is 3.28. The van der Waals surface area contributed by atoms with Crippen LogP contribution in [0.25, 0.3) is 0 Å². The lowest BCUT2D eigenvalue weighted by atomic mass is 9.71. The number of esters is 3. The summed E-state index contributed by atoms with van der Waals surface area (Å²) in [4.78, 5) is 36.7. The highest BCUT2D eigenvalue weighted by Crippen LogP contribution is 2.48. The number of allylic oxidation sites excluding steroid dienone is 1. The van der Waals surface area contributed by atoms with Crippen molar-refractivity contribution >= 4 is 17.9 Å². The van der Waals surface area contributed by atoms with Gasteiger partial charge in [-0.1, -0.05) is 44.7 Å². The highest BCUT2D eigenvalue weighted by Gasteiger charge is 2.50. The predicted octanol–water partition coefficient (Wildman–Crippen LogP) is 4.03. The summed E-state index contributed by atoms with van der Waals surface area (Å²) in [5.74, 6) is -0.842. The third-order valence-corrected chi connectivity index (χ3v) is 4.71. The van der Waals surface area contributed by atoms with Gasteiger partial charge in [-0.15, -0.1) is 0 Å². The number of carbonyl (C=O) groups excluding carboxylic acids is 3. The number of ether oxygens (including phenoxy) is 3. The molecule has 1 atom stereocenters. The fourth-order valence-corrected chi connectivity index (χ4v) is 3.28. The minimum atomic E-state index is -1.15. The van der Waals surface area contributed by atoms with Gasteiger partial charge in [0.05, 0.1) is 19.6 Å². The second-order valence-electron chi connectivity index (χ2n) is 6.90. The van der Waals surface area contributed by atoms with E-state index in [0.29, 0.717) is 49.4 Å². The molecule has 1 aliphatic rings. The molecule has 156 valence electrons. The van der Waals surface area contributed by atoms with Crippen molar-refractivity contribution in [2.24, 2.45) is 0 Å². The molecule has 2 rings (SSSR count). The number of para-hydroxylation sites is 1. The van der Waals surface area contributed by atoms with E-state index in [2.05, 4.69) is 6.58 Å². The molecule has 6 heteroatoms. The molecule has 0 radical (unpaired) electrons. The van der Waals surface area contributed by atoms with Crippen LogP contribution < -0.4 is 4.74 Å². The number of fused-ring (bicyclic) bond motifs is 1. The van der Waals surface area contributed by atoms with Gasteiger partial charge in [-0.25, -0.2) is 4.79 Å². The van der Waals surface area contributed by atoms with Crippen molar-refractivity contribution in [1.29, 1.82) is 0 Å². The maximum Gasteiger partial charge on any atom is 0.330 e. The van der Waals surface area contributed by atoms with E-state index in [-0.39, 0.29) is 6.42 Å². The monoisotopic (exact) mass is 400 g/mol. The van der Waals surface area contributed by atoms with E-state index in [1.54, 1.807) is 18.2 Å². The maximum absolute atomic E-state index is 12.9. The lowest BCUT2D eigenvalue weighted by Crippen LogP contribution is -2.36. The van der Waals surface area contributed by atoms with Gasteiger partial charge in [-0.05, 0) is 37.3 Å². The van der Waals surface area contributed by atoms with Gasteiger partial charge in [-0.2, -0.15) is 0 Å². The zero-order valence-corrected chi connectivity index (χ0v) is 17.1. The molecule has 0 amide bonds. The first-order valence-corrected chi connectivity index (χ1v) is 9.94. The standard InChI is InChI=1S/C23H28O6/c1-4-14-27-20(24)12-8-9-13-23(17(3)16-21(25)28-15-5-2)18-10-6-7-11-19(18)29-22(23)26/h6-8,10-12H,3-5,9,13-16H2,1-2H3/b12-8+. The highest BCUT2D eigenvalue weighted by atomic mass is 16.5. The predicted molar refractivity (Wildman–Crippen MR) is 108 cm³/mol. The molecular formula is C23H28O6. The first kappa shape index (κ1) is 22.4. The molecule has 0 aliphatic carbocycles. The van der Waals surface area contributed by atoms with Crippen LogP contribution >= 0.6 is 0 Å². The SMILES string of the molecule is C=C(CC(=O)OCCC)C1(CC/C=C/C(=O)OCCC)C(=O)Oc2ccccc21. The average Bonchev–Trinajstić information content (AvgIpc) is 3.00. The summed E-state index contributed by atoms with van der Waals surface area (Å²) in [5.41, 5.74) is -0.0461. The molecular weight excluding hydrogens is 372 g/mol. The summed E-state index contributed by atoms with van der Waals surface area (Å²) in [7, 11) is 0. The van der Waals surface area contributed by atoms with Gasteiger partial charge < -0.3 is 14.2 Å². The molecule has 6 nitrogen and oxygen atoms in total. The Hall–Kier alpha value is -2.89. The summed E-state index contributed by atoms with van der Waals surface area (Å²) < 4.78 is 15.6. The minimum absolute atomic E-state index is 0.0777. The summed E-state index contributed by atoms with van der Waals surface area (Å²) in [5, 5.41) is 0. The van der Waals surface area contributed by atoms with Gasteiger partial charge in [0, 0.05) is 11.6 Å². The zero-order valence-electron chi connectivity index (χ0n) is 17.1. The number of hydrogen-bond donors (Lipinski definition) is 0. The number of rotatable bonds is 11. The van der Waals surface area contributed by atoms with E-state index in [1.165, 1.54) is 6.08 Å². The molecule has 1 heterocycles. The first-order chi connectivity index (χ1) is 14.0. The largest absolute Gasteiger partial charge is 0.465 e. The van der Waals surface area contributed by atoms with Crippen LogP contribution in [0.5, 0.6) is 5.75 Å². The Morgan fingerprint density at radius 1 is 1.14 bits per heavy atom. The third kappa shape index (κ3) is 5.34. The van der Waals surface area contributed by atoms with Gasteiger partial charge in [0.2, 0.25) is 0 Å². The van der Waals surface area contributed by atoms with Crippen LogP contribution in [0.1, 0.15) is 51.5 Å². The molecule has 1 aliphatic heterocycles. The Labute approximate surface area is 171 Å². The minimum Gasteiger partial charge on any atom is -0.465 e. The van der Waals surface area contributed by atoms with Gasteiger partial charge in [0.1, 0.15) is 11.2 Å². The molecule has 0 spiro atoms. The van der Waals surface area contributed by atoms with Crippen molar-refractivity contribution in [3.05, 3.63) is 54.1 Å². The zero-order chi connectivity index (χ0) is 21.3. The van der Waals surface area contributed by atoms with Crippen LogP contribution in [0.4, 0.5) is 0 Å². The molecule has 0 N–H and O–H groups in total. The number of carbonyl (C=O) groups is 3. The Morgan fingerprint density at radius 2 is 1.83 bits per heavy atom. The summed E-state index contributed by atoms with van der Waals surface area (Å²) in [6.07, 6.45) is 5.14. The smallest absolute Gasteiger partial charge is 0.330 e. The summed E-state index contributed by atoms with van der Waals surface area (Å²) in [6.45, 7) is 8.56. The lowest BCUT2D eigenvalue weighted by Gasteiger charge is -2.27. The molecule has 1 aromatic rings. The topological polar surface area (TPSA) is 78.9 Å². The number of benzene rings is 1. The van der Waals surface area contributed by atoms with Crippen LogP contribution in [0.3, 0.4) is 0 Å². The molecule has 0 aromatic heterocycles. The quantitative estimate of drug-likeness (QED) is 0.241. The van der Waals surface area contributed by atoms with Crippen molar-refractivity contribution in [2.75, 3.05) is 13.2 Å². The lowest BCUT2D eigenvalue weighted by molar-refractivity contribution is -0.143. The van der Waals surface area contributed by atoms with E-state index in [0.717, 1.165) is 6.42 Å². The number of hydrogen-bond acceptors (Lipinski definition) is 6. The van der Waals surface area contributed by atoms with E-state index < -0.39 is 23.3 Å². The average molecular weight is 400 g/mol. The van der Waals surface area contributed by atoms with E-state index >= 15 is 0 Å². The Bertz CT molecular complexity index is 794. The fraction of sp³-hybridized carbons (Fsp3) is 0.435. The molecule has 0 fully saturated rings. The molecule has 0 bridgehead atoms. The van der Waals surface area contributed by atoms with E-state index in [1.807, 2.05) is 26.0 Å². The van der Waals surface area contributed by atoms with Gasteiger partial charge in [0.25, 0.3) is 0 Å². The second kappa shape index (κ2) is 10.6. The third-order valence-electron chi connectivity index (χ3n) is 4.71. The first-order valence-electron chi connectivity index (χ1n) is 9.94. The molecule has 0 saturated heterocycles. The van der Waals surface area contributed by atoms with Crippen molar-refractivity contribution < 1.29 is 28.6 Å². The van der Waals surface area contributed by atoms with Crippen molar-refractivity contribution in [3.8, 4) is 5.75 Å². The van der Waals surface area contributed by atoms with Crippen molar-refractivity contribution in [2.45, 2.75) is 51.4 Å². The van der Waals surface area contributed by atoms with Gasteiger partial charge >= 0.3 is 17.9 Å². The maximum atomic E-state index is 12.9. The van der Waals surface area contributed by atoms with Crippen molar-refractivity contribution in [1.82, 2.24) is 0 Å². The van der Waals surface area contributed by atoms with Crippen molar-refractivity contribution in [3.63, 3.8) is 0 Å². The van der Waals surface area contributed by atoms with E-state index in [4.69, 9.17) is 14.2 Å². The van der Waals surface area contributed by atoms with Crippen LogP contribution in [-0.4, -0.2) is 31.1 Å². The van der Waals surface area contributed by atoms with Gasteiger partial charge in [-0.3, -0.25) is 9.59 Å². The Morgan fingerprint density at radius 3 is 2.55 bits per heavy atom. The van der Waals surface area contributed by atoms with E-state index in [9.17, 15) is 14.4 Å². The summed E-state index contributed by atoms with van der Waals surface area (Å²) in [6, 6.07) is 7.12. The molecule has 29 heavy (non-hydrogen) atoms. The van der Waals surface area contributed by atoms with Crippen LogP contribution in [-0.2, 0) is 29.3 Å².